The van der Waals surface area contributed by atoms with E-state index in [2.05, 4.69) is 41.5 Å². The lowest BCUT2D eigenvalue weighted by Crippen LogP contribution is -2.50. The van der Waals surface area contributed by atoms with E-state index < -0.39 is 7.82 Å². The highest BCUT2D eigenvalue weighted by Gasteiger charge is 2.24. The number of hydrogen-bond donors (Lipinski definition) is 0. The summed E-state index contributed by atoms with van der Waals surface area (Å²) in [6.07, 6.45) is 19.1. The fourth-order valence-electron chi connectivity index (χ4n) is 4.09. The topological polar surface area (TPSA) is 58.6 Å². The van der Waals surface area contributed by atoms with Crippen LogP contribution in [0.2, 0.25) is 0 Å². The Morgan fingerprint density at radius 2 is 0.794 bits per heavy atom. The molecule has 0 aromatic rings. The third-order valence-corrected chi connectivity index (χ3v) is 7.44. The summed E-state index contributed by atoms with van der Waals surface area (Å²) in [4.78, 5) is 11.3. The van der Waals surface area contributed by atoms with Gasteiger partial charge in [-0.3, -0.25) is 4.57 Å². The smallest absolute Gasteiger partial charge is 0.267 e. The third kappa shape index (κ3) is 23.8. The van der Waals surface area contributed by atoms with E-state index >= 15 is 0 Å². The first kappa shape index (κ1) is 36.2. The minimum Gasteiger partial charge on any atom is -0.756 e. The lowest BCUT2D eigenvalue weighted by atomic mass is 10.1. The van der Waals surface area contributed by atoms with E-state index in [0.29, 0.717) is 0 Å². The predicted octanol–water partition coefficient (Wildman–Crippen LogP) is 8.65. The maximum atomic E-state index is 11.3. The zero-order chi connectivity index (χ0) is 26.0. The Balaban J connectivity index is 0. The molecule has 0 spiro atoms. The Hall–Kier alpha value is 0.0700. The van der Waals surface area contributed by atoms with Crippen LogP contribution in [-0.4, -0.2) is 43.9 Å². The summed E-state index contributed by atoms with van der Waals surface area (Å²) in [7, 11) is -4.04. The summed E-state index contributed by atoms with van der Waals surface area (Å²) in [5.74, 6) is 0. The quantitative estimate of drug-likeness (QED) is 0.0745. The predicted molar refractivity (Wildman–Crippen MR) is 147 cm³/mol. The second-order valence-electron chi connectivity index (χ2n) is 9.89. The molecule has 0 atom stereocenters. The molecule has 0 saturated heterocycles. The molecular weight excluding hydrogens is 445 g/mol. The number of nitrogens with zero attached hydrogens (tertiary/aromatic N) is 1. The highest BCUT2D eigenvalue weighted by molar-refractivity contribution is 7.45. The molecule has 0 saturated carbocycles. The maximum Gasteiger partial charge on any atom is 0.267 e. The number of rotatable bonds is 24. The number of quaternary nitrogens is 1. The highest BCUT2D eigenvalue weighted by atomic mass is 31.2. The lowest BCUT2D eigenvalue weighted by molar-refractivity contribution is -0.929. The van der Waals surface area contributed by atoms with Crippen LogP contribution in [-0.2, 0) is 13.6 Å². The van der Waals surface area contributed by atoms with E-state index in [-0.39, 0.29) is 13.2 Å². The van der Waals surface area contributed by atoms with Crippen molar-refractivity contribution in [3.05, 3.63) is 0 Å². The number of unbranched alkanes of at least 4 members (excludes halogenated alkanes) is 10. The molecular formula is C28H62NO4P. The van der Waals surface area contributed by atoms with Crippen LogP contribution >= 0.6 is 7.82 Å². The van der Waals surface area contributed by atoms with Crippen molar-refractivity contribution >= 4 is 7.82 Å². The van der Waals surface area contributed by atoms with E-state index in [0.717, 1.165) is 51.4 Å². The summed E-state index contributed by atoms with van der Waals surface area (Å²) in [5, 5.41) is 0. The number of hydrogen-bond acceptors (Lipinski definition) is 4. The molecule has 6 heteroatoms. The minimum atomic E-state index is -4.04. The van der Waals surface area contributed by atoms with E-state index in [1.54, 1.807) is 0 Å². The standard InChI is InChI=1S/C16H36N.C12H27O4P/c1-5-9-13-17(14-10-6-2,15-11-7-3)16-12-8-4;1-3-5-7-9-11-15-17(13,14)16-12-10-8-6-4-2/h5-16H2,1-4H3;3-12H2,1-2H3,(H,13,14)/q+1;/p-1. The Morgan fingerprint density at radius 1 is 0.500 bits per heavy atom. The fourth-order valence-corrected chi connectivity index (χ4v) is 4.87. The van der Waals surface area contributed by atoms with Gasteiger partial charge in [-0.15, -0.1) is 0 Å². The van der Waals surface area contributed by atoms with Gasteiger partial charge in [0.05, 0.1) is 39.4 Å². The van der Waals surface area contributed by atoms with Gasteiger partial charge in [0.25, 0.3) is 7.82 Å². The van der Waals surface area contributed by atoms with Gasteiger partial charge in [-0.2, -0.15) is 0 Å². The summed E-state index contributed by atoms with van der Waals surface area (Å²) < 4.78 is 22.2. The summed E-state index contributed by atoms with van der Waals surface area (Å²) in [6, 6.07) is 0. The largest absolute Gasteiger partial charge is 0.756 e. The third-order valence-electron chi connectivity index (χ3n) is 6.44. The zero-order valence-electron chi connectivity index (χ0n) is 24.1. The first-order valence-corrected chi connectivity index (χ1v) is 16.3. The molecule has 0 rings (SSSR count). The van der Waals surface area contributed by atoms with Crippen molar-refractivity contribution in [1.29, 1.82) is 0 Å². The monoisotopic (exact) mass is 507 g/mol. The molecule has 0 bridgehead atoms. The Bertz CT molecular complexity index is 393. The molecule has 0 fully saturated rings. The summed E-state index contributed by atoms with van der Waals surface area (Å²) >= 11 is 0. The van der Waals surface area contributed by atoms with Gasteiger partial charge in [0.2, 0.25) is 0 Å². The van der Waals surface area contributed by atoms with Gasteiger partial charge in [0, 0.05) is 0 Å². The SMILES string of the molecule is CCCCCCOP(=O)([O-])OCCCCCC.CCCC[N+](CCCC)(CCCC)CCCC. The van der Waals surface area contributed by atoms with Crippen molar-refractivity contribution in [3.8, 4) is 0 Å². The highest BCUT2D eigenvalue weighted by Crippen LogP contribution is 2.38. The molecule has 0 unspecified atom stereocenters. The van der Waals surface area contributed by atoms with Crippen molar-refractivity contribution in [2.45, 2.75) is 144 Å². The normalized spacial score (nSPS) is 12.0. The molecule has 5 nitrogen and oxygen atoms in total. The van der Waals surface area contributed by atoms with Crippen LogP contribution in [0.5, 0.6) is 0 Å². The molecule has 0 radical (unpaired) electrons. The molecule has 0 aromatic carbocycles. The van der Waals surface area contributed by atoms with Gasteiger partial charge in [-0.1, -0.05) is 106 Å². The van der Waals surface area contributed by atoms with Gasteiger partial charge in [0.15, 0.2) is 0 Å². The van der Waals surface area contributed by atoms with Crippen LogP contribution in [0.4, 0.5) is 0 Å². The molecule has 0 aliphatic heterocycles. The average molecular weight is 508 g/mol. The van der Waals surface area contributed by atoms with Crippen LogP contribution in [0, 0.1) is 0 Å². The minimum absolute atomic E-state index is 0.246. The second kappa shape index (κ2) is 26.1. The summed E-state index contributed by atoms with van der Waals surface area (Å²) in [6.45, 7) is 19.7. The van der Waals surface area contributed by atoms with Crippen LogP contribution in [0.25, 0.3) is 0 Å². The van der Waals surface area contributed by atoms with Crippen molar-refractivity contribution < 1.29 is 23.0 Å². The van der Waals surface area contributed by atoms with Crippen LogP contribution in [0.1, 0.15) is 144 Å². The Kier molecular flexibility index (Phi) is 27.9. The first-order valence-electron chi connectivity index (χ1n) is 14.8. The first-order chi connectivity index (χ1) is 16.4. The summed E-state index contributed by atoms with van der Waals surface area (Å²) in [5.41, 5.74) is 0. The molecule has 34 heavy (non-hydrogen) atoms. The molecule has 0 N–H and O–H groups in total. The molecule has 0 aliphatic carbocycles. The van der Waals surface area contributed by atoms with Gasteiger partial charge in [-0.05, 0) is 38.5 Å². The van der Waals surface area contributed by atoms with E-state index in [4.69, 9.17) is 9.05 Å². The maximum absolute atomic E-state index is 11.3. The Labute approximate surface area is 214 Å². The molecule has 208 valence electrons. The van der Waals surface area contributed by atoms with Crippen molar-refractivity contribution in [2.24, 2.45) is 0 Å². The van der Waals surface area contributed by atoms with Gasteiger partial charge < -0.3 is 18.4 Å². The van der Waals surface area contributed by atoms with Crippen molar-refractivity contribution in [2.75, 3.05) is 39.4 Å². The number of phosphoric acid groups is 1. The lowest BCUT2D eigenvalue weighted by Gasteiger charge is -2.39. The molecule has 0 amide bonds. The van der Waals surface area contributed by atoms with Gasteiger partial charge >= 0.3 is 0 Å². The average Bonchev–Trinajstić information content (AvgIpc) is 2.83. The van der Waals surface area contributed by atoms with Crippen LogP contribution < -0.4 is 4.89 Å². The molecule has 0 aliphatic rings. The fraction of sp³-hybridized carbons (Fsp3) is 1.00. The van der Waals surface area contributed by atoms with E-state index in [1.807, 2.05) is 0 Å². The molecule has 0 heterocycles. The Morgan fingerprint density at radius 3 is 1.06 bits per heavy atom. The zero-order valence-corrected chi connectivity index (χ0v) is 25.0. The number of phosphoric ester groups is 1. The van der Waals surface area contributed by atoms with E-state index in [1.165, 1.54) is 82.0 Å². The van der Waals surface area contributed by atoms with Crippen molar-refractivity contribution in [1.82, 2.24) is 0 Å². The van der Waals surface area contributed by atoms with Crippen LogP contribution in [0.15, 0.2) is 0 Å². The van der Waals surface area contributed by atoms with Gasteiger partial charge in [0.1, 0.15) is 0 Å². The van der Waals surface area contributed by atoms with E-state index in [9.17, 15) is 9.46 Å². The van der Waals surface area contributed by atoms with Crippen LogP contribution in [0.3, 0.4) is 0 Å². The molecule has 0 aromatic heterocycles. The second-order valence-corrected chi connectivity index (χ2v) is 11.3. The van der Waals surface area contributed by atoms with Gasteiger partial charge in [-0.25, -0.2) is 0 Å². The van der Waals surface area contributed by atoms with Crippen molar-refractivity contribution in [3.63, 3.8) is 0 Å².